The molecular weight excluding hydrogens is 339 g/mol. The fraction of sp³-hybridized carbons (Fsp3) is 0.333. The van der Waals surface area contributed by atoms with Crippen molar-refractivity contribution in [1.29, 1.82) is 0 Å². The molecule has 0 aromatic heterocycles. The summed E-state index contributed by atoms with van der Waals surface area (Å²) in [5.74, 6) is 0. The van der Waals surface area contributed by atoms with Crippen LogP contribution in [0.25, 0.3) is 0 Å². The predicted octanol–water partition coefficient (Wildman–Crippen LogP) is 1.74. The van der Waals surface area contributed by atoms with Crippen molar-refractivity contribution in [1.82, 2.24) is 4.72 Å². The zero-order chi connectivity index (χ0) is 14.0. The molecule has 0 saturated carbocycles. The Morgan fingerprint density at radius 1 is 1.33 bits per heavy atom. The van der Waals surface area contributed by atoms with Crippen LogP contribution in [-0.4, -0.2) is 26.7 Å². The molecule has 1 aromatic carbocycles. The highest BCUT2D eigenvalue weighted by molar-refractivity contribution is 9.10. The maximum Gasteiger partial charge on any atom is 0.417 e. The normalized spacial score (nSPS) is 12.7. The molecule has 4 nitrogen and oxygen atoms in total. The average molecular weight is 348 g/mol. The summed E-state index contributed by atoms with van der Waals surface area (Å²) in [6.45, 7) is -0.854. The molecule has 0 aliphatic heterocycles. The second kappa shape index (κ2) is 5.55. The van der Waals surface area contributed by atoms with E-state index in [4.69, 9.17) is 5.11 Å². The number of benzene rings is 1. The number of rotatable bonds is 4. The van der Waals surface area contributed by atoms with Crippen LogP contribution < -0.4 is 4.72 Å². The lowest BCUT2D eigenvalue weighted by atomic mass is 10.2. The van der Waals surface area contributed by atoms with Crippen LogP contribution in [0.3, 0.4) is 0 Å². The highest BCUT2D eigenvalue weighted by Gasteiger charge is 2.37. The first kappa shape index (κ1) is 15.4. The van der Waals surface area contributed by atoms with Gasteiger partial charge in [-0.25, -0.2) is 13.1 Å². The quantitative estimate of drug-likeness (QED) is 0.871. The lowest BCUT2D eigenvalue weighted by molar-refractivity contribution is -0.139. The maximum atomic E-state index is 12.7. The smallest absolute Gasteiger partial charge is 0.395 e. The Bertz CT molecular complexity index is 530. The number of hydrogen-bond acceptors (Lipinski definition) is 3. The van der Waals surface area contributed by atoms with E-state index in [1.54, 1.807) is 0 Å². The van der Waals surface area contributed by atoms with Crippen molar-refractivity contribution in [2.24, 2.45) is 0 Å². The van der Waals surface area contributed by atoms with Crippen molar-refractivity contribution in [3.8, 4) is 0 Å². The van der Waals surface area contributed by atoms with Crippen LogP contribution >= 0.6 is 15.9 Å². The van der Waals surface area contributed by atoms with E-state index in [0.29, 0.717) is 6.07 Å². The lowest BCUT2D eigenvalue weighted by Gasteiger charge is -2.13. The van der Waals surface area contributed by atoms with Crippen LogP contribution in [0.1, 0.15) is 5.56 Å². The van der Waals surface area contributed by atoms with Gasteiger partial charge in [-0.05, 0) is 18.2 Å². The van der Waals surface area contributed by atoms with Gasteiger partial charge >= 0.3 is 6.18 Å². The summed E-state index contributed by atoms with van der Waals surface area (Å²) < 4.78 is 63.4. The molecule has 0 spiro atoms. The van der Waals surface area contributed by atoms with Gasteiger partial charge < -0.3 is 5.11 Å². The third-order valence-corrected chi connectivity index (χ3v) is 3.95. The minimum Gasteiger partial charge on any atom is -0.395 e. The van der Waals surface area contributed by atoms with E-state index in [1.165, 1.54) is 6.07 Å². The molecule has 0 atom stereocenters. The van der Waals surface area contributed by atoms with E-state index in [1.807, 2.05) is 4.72 Å². The summed E-state index contributed by atoms with van der Waals surface area (Å²) in [4.78, 5) is -0.869. The average Bonchev–Trinajstić information content (AvgIpc) is 2.25. The van der Waals surface area contributed by atoms with Gasteiger partial charge in [-0.3, -0.25) is 0 Å². The van der Waals surface area contributed by atoms with E-state index in [2.05, 4.69) is 15.9 Å². The topological polar surface area (TPSA) is 66.4 Å². The van der Waals surface area contributed by atoms with Crippen LogP contribution in [0.2, 0.25) is 0 Å². The zero-order valence-electron chi connectivity index (χ0n) is 8.83. The van der Waals surface area contributed by atoms with Gasteiger partial charge in [-0.2, -0.15) is 13.2 Å². The van der Waals surface area contributed by atoms with Gasteiger partial charge in [0.15, 0.2) is 0 Å². The van der Waals surface area contributed by atoms with Gasteiger partial charge in [-0.15, -0.1) is 0 Å². The van der Waals surface area contributed by atoms with Crippen molar-refractivity contribution in [3.05, 3.63) is 28.2 Å². The van der Waals surface area contributed by atoms with Crippen molar-refractivity contribution >= 4 is 26.0 Å². The van der Waals surface area contributed by atoms with E-state index < -0.39 is 33.3 Å². The Hall–Kier alpha value is -0.640. The third-order valence-electron chi connectivity index (χ3n) is 1.94. The fourth-order valence-corrected chi connectivity index (χ4v) is 2.80. The minimum absolute atomic E-state index is 0.121. The monoisotopic (exact) mass is 347 g/mol. The van der Waals surface area contributed by atoms with Crippen LogP contribution in [0, 0.1) is 0 Å². The first-order valence-electron chi connectivity index (χ1n) is 4.66. The highest BCUT2D eigenvalue weighted by atomic mass is 79.9. The van der Waals surface area contributed by atoms with Crippen LogP contribution in [0.5, 0.6) is 0 Å². The van der Waals surface area contributed by atoms with E-state index >= 15 is 0 Å². The van der Waals surface area contributed by atoms with Crippen molar-refractivity contribution in [2.45, 2.75) is 11.1 Å². The maximum absolute atomic E-state index is 12.7. The Morgan fingerprint density at radius 2 is 1.94 bits per heavy atom. The minimum atomic E-state index is -4.78. The SMILES string of the molecule is O=S(=O)(NCCO)c1ccc(Br)cc1C(F)(F)F. The molecule has 0 fully saturated rings. The number of hydrogen-bond donors (Lipinski definition) is 2. The number of nitrogens with one attached hydrogen (secondary N) is 1. The molecule has 0 aliphatic rings. The van der Waals surface area contributed by atoms with Crippen LogP contribution in [0.15, 0.2) is 27.6 Å². The Kier molecular flexibility index (Phi) is 4.76. The molecule has 0 bridgehead atoms. The second-order valence-corrected chi connectivity index (χ2v) is 5.91. The summed E-state index contributed by atoms with van der Waals surface area (Å²) in [7, 11) is -4.30. The molecule has 0 saturated heterocycles. The summed E-state index contributed by atoms with van der Waals surface area (Å²) >= 11 is 2.85. The van der Waals surface area contributed by atoms with E-state index in [-0.39, 0.29) is 11.0 Å². The Labute approximate surface area is 110 Å². The molecule has 0 unspecified atom stereocenters. The lowest BCUT2D eigenvalue weighted by Crippen LogP contribution is -2.28. The summed E-state index contributed by atoms with van der Waals surface area (Å²) in [5, 5.41) is 8.49. The standard InChI is InChI=1S/C9H9BrF3NO3S/c10-6-1-2-8(7(5-6)9(11,12)13)18(16,17)14-3-4-15/h1-2,5,14-15H,3-4H2. The largest absolute Gasteiger partial charge is 0.417 e. The predicted molar refractivity (Wildman–Crippen MR) is 61.4 cm³/mol. The Balaban J connectivity index is 3.33. The van der Waals surface area contributed by atoms with Crippen molar-refractivity contribution in [2.75, 3.05) is 13.2 Å². The van der Waals surface area contributed by atoms with Crippen LogP contribution in [0.4, 0.5) is 13.2 Å². The van der Waals surface area contributed by atoms with Gasteiger partial charge in [0.25, 0.3) is 0 Å². The fourth-order valence-electron chi connectivity index (χ4n) is 1.22. The Morgan fingerprint density at radius 3 is 2.44 bits per heavy atom. The molecule has 18 heavy (non-hydrogen) atoms. The molecule has 1 rings (SSSR count). The van der Waals surface area contributed by atoms with E-state index in [9.17, 15) is 21.6 Å². The summed E-state index contributed by atoms with van der Waals surface area (Å²) in [6.07, 6.45) is -4.78. The van der Waals surface area contributed by atoms with Crippen molar-refractivity contribution in [3.63, 3.8) is 0 Å². The molecular formula is C9H9BrF3NO3S. The first-order valence-corrected chi connectivity index (χ1v) is 6.93. The van der Waals surface area contributed by atoms with Gasteiger partial charge in [0.2, 0.25) is 10.0 Å². The van der Waals surface area contributed by atoms with Crippen molar-refractivity contribution < 1.29 is 26.7 Å². The molecule has 0 heterocycles. The molecule has 0 radical (unpaired) electrons. The van der Waals surface area contributed by atoms with E-state index in [0.717, 1.165) is 6.07 Å². The number of aliphatic hydroxyl groups is 1. The number of sulfonamides is 1. The van der Waals surface area contributed by atoms with Gasteiger partial charge in [-0.1, -0.05) is 15.9 Å². The first-order chi connectivity index (χ1) is 8.18. The summed E-state index contributed by atoms with van der Waals surface area (Å²) in [6, 6.07) is 2.74. The zero-order valence-corrected chi connectivity index (χ0v) is 11.2. The third kappa shape index (κ3) is 3.67. The molecule has 1 aromatic rings. The number of halogens is 4. The number of aliphatic hydroxyl groups excluding tert-OH is 1. The summed E-state index contributed by atoms with van der Waals surface area (Å²) in [5.41, 5.74) is -1.26. The van der Waals surface area contributed by atoms with Crippen LogP contribution in [-0.2, 0) is 16.2 Å². The highest BCUT2D eigenvalue weighted by Crippen LogP contribution is 2.35. The molecule has 9 heteroatoms. The van der Waals surface area contributed by atoms with Gasteiger partial charge in [0.1, 0.15) is 0 Å². The van der Waals surface area contributed by atoms with Gasteiger partial charge in [0.05, 0.1) is 17.1 Å². The second-order valence-electron chi connectivity index (χ2n) is 3.26. The number of alkyl halides is 3. The molecule has 102 valence electrons. The molecule has 2 N–H and O–H groups in total. The molecule has 0 aliphatic carbocycles. The van der Waals surface area contributed by atoms with Gasteiger partial charge in [0, 0.05) is 11.0 Å². The molecule has 0 amide bonds.